The highest BCUT2D eigenvalue weighted by Gasteiger charge is 1.87. The molecule has 0 aromatic heterocycles. The summed E-state index contributed by atoms with van der Waals surface area (Å²) in [6.07, 6.45) is 0.767. The Bertz CT molecular complexity index is 143. The van der Waals surface area contributed by atoms with Gasteiger partial charge in [-0.25, -0.2) is 0 Å². The first-order valence-corrected chi connectivity index (χ1v) is 3.96. The molecule has 11 heavy (non-hydrogen) atoms. The number of nitrogens with zero attached hydrogens (tertiary/aromatic N) is 2. The summed E-state index contributed by atoms with van der Waals surface area (Å²) in [6, 6.07) is 3.88. The van der Waals surface area contributed by atoms with Crippen LogP contribution in [0.4, 0.5) is 0 Å². The Hall–Kier alpha value is -0.670. The summed E-state index contributed by atoms with van der Waals surface area (Å²) in [7, 11) is -0.0503. The monoisotopic (exact) mass is 172 g/mol. The minimum Gasteiger partial charge on any atom is -0.335 e. The van der Waals surface area contributed by atoms with Gasteiger partial charge in [-0.3, -0.25) is 0 Å². The van der Waals surface area contributed by atoms with Gasteiger partial charge in [-0.1, -0.05) is 0 Å². The van der Waals surface area contributed by atoms with Gasteiger partial charge in [-0.05, 0) is 0 Å². The van der Waals surface area contributed by atoms with Crippen LogP contribution in [0.25, 0.3) is 0 Å². The summed E-state index contributed by atoms with van der Waals surface area (Å²) in [4.78, 5) is 0. The fraction of sp³-hybridized carbons (Fsp3) is 0.667. The standard InChI is InChI=1S/C6H9N2O2P/c7-3-1-5-9-11-10-6-2-4-8/h11H,1-2,5-6H2. The first-order valence-electron chi connectivity index (χ1n) is 3.14. The van der Waals surface area contributed by atoms with Gasteiger partial charge < -0.3 is 9.05 Å². The summed E-state index contributed by atoms with van der Waals surface area (Å²) in [5, 5.41) is 16.2. The van der Waals surface area contributed by atoms with E-state index in [4.69, 9.17) is 19.6 Å². The van der Waals surface area contributed by atoms with E-state index < -0.39 is 0 Å². The van der Waals surface area contributed by atoms with E-state index in [0.717, 1.165) is 0 Å². The minimum absolute atomic E-state index is 0.0503. The van der Waals surface area contributed by atoms with Gasteiger partial charge in [0, 0.05) is 0 Å². The second kappa shape index (κ2) is 9.33. The van der Waals surface area contributed by atoms with Crippen LogP contribution in [0.1, 0.15) is 12.8 Å². The molecule has 0 aliphatic heterocycles. The maximum absolute atomic E-state index is 8.10. The van der Waals surface area contributed by atoms with Gasteiger partial charge in [0.2, 0.25) is 0 Å². The van der Waals surface area contributed by atoms with E-state index in [9.17, 15) is 0 Å². The number of hydrogen-bond donors (Lipinski definition) is 0. The first kappa shape index (κ1) is 10.3. The van der Waals surface area contributed by atoms with Crippen molar-refractivity contribution in [3.63, 3.8) is 0 Å². The molecule has 5 heteroatoms. The zero-order chi connectivity index (χ0) is 8.36. The van der Waals surface area contributed by atoms with Gasteiger partial charge >= 0.3 is 0 Å². The van der Waals surface area contributed by atoms with Gasteiger partial charge in [-0.15, -0.1) is 0 Å². The smallest absolute Gasteiger partial charge is 0.155 e. The predicted molar refractivity (Wildman–Crippen MR) is 40.7 cm³/mol. The lowest BCUT2D eigenvalue weighted by Crippen LogP contribution is -1.86. The summed E-state index contributed by atoms with van der Waals surface area (Å²) in [5.74, 6) is 0. The second-order valence-corrected chi connectivity index (χ2v) is 2.34. The van der Waals surface area contributed by atoms with E-state index in [1.807, 2.05) is 12.1 Å². The van der Waals surface area contributed by atoms with E-state index in [1.165, 1.54) is 0 Å². The first-order chi connectivity index (χ1) is 5.41. The lowest BCUT2D eigenvalue weighted by atomic mass is 10.5. The van der Waals surface area contributed by atoms with Crippen molar-refractivity contribution in [1.82, 2.24) is 0 Å². The quantitative estimate of drug-likeness (QED) is 0.448. The summed E-state index contributed by atoms with van der Waals surface area (Å²) < 4.78 is 9.79. The Morgan fingerprint density at radius 1 is 1.00 bits per heavy atom. The molecule has 0 aromatic carbocycles. The predicted octanol–water partition coefficient (Wildman–Crippen LogP) is 1.36. The van der Waals surface area contributed by atoms with Crippen molar-refractivity contribution < 1.29 is 9.05 Å². The average molecular weight is 172 g/mol. The summed E-state index contributed by atoms with van der Waals surface area (Å²) >= 11 is 0. The van der Waals surface area contributed by atoms with Crippen LogP contribution in [-0.4, -0.2) is 13.2 Å². The fourth-order valence-corrected chi connectivity index (χ4v) is 0.772. The van der Waals surface area contributed by atoms with Gasteiger partial charge in [0.05, 0.1) is 38.2 Å². The number of nitriles is 2. The lowest BCUT2D eigenvalue weighted by molar-refractivity contribution is 0.275. The third-order valence-electron chi connectivity index (χ3n) is 0.750. The van der Waals surface area contributed by atoms with Crippen LogP contribution in [0.2, 0.25) is 0 Å². The summed E-state index contributed by atoms with van der Waals surface area (Å²) in [6.45, 7) is 0.809. The van der Waals surface area contributed by atoms with E-state index in [-0.39, 0.29) is 9.03 Å². The van der Waals surface area contributed by atoms with Crippen molar-refractivity contribution in [3.05, 3.63) is 0 Å². The van der Waals surface area contributed by atoms with Crippen molar-refractivity contribution in [2.75, 3.05) is 13.2 Å². The van der Waals surface area contributed by atoms with E-state index in [2.05, 4.69) is 0 Å². The molecule has 0 aliphatic carbocycles. The van der Waals surface area contributed by atoms with Crippen molar-refractivity contribution in [1.29, 1.82) is 10.5 Å². The van der Waals surface area contributed by atoms with Crippen molar-refractivity contribution in [3.8, 4) is 12.1 Å². The Labute approximate surface area is 67.7 Å². The lowest BCUT2D eigenvalue weighted by Gasteiger charge is -1.99. The fourth-order valence-electron chi connectivity index (χ4n) is 0.318. The number of rotatable bonds is 6. The van der Waals surface area contributed by atoms with Crippen molar-refractivity contribution in [2.45, 2.75) is 12.8 Å². The van der Waals surface area contributed by atoms with Gasteiger partial charge in [0.25, 0.3) is 0 Å². The van der Waals surface area contributed by atoms with E-state index >= 15 is 0 Å². The zero-order valence-corrected chi connectivity index (χ0v) is 7.04. The molecule has 0 unspecified atom stereocenters. The highest BCUT2D eigenvalue weighted by atomic mass is 31.1. The van der Waals surface area contributed by atoms with Crippen LogP contribution >= 0.6 is 9.03 Å². The summed E-state index contributed by atoms with van der Waals surface area (Å²) in [5.41, 5.74) is 0. The van der Waals surface area contributed by atoms with Gasteiger partial charge in [0.15, 0.2) is 9.03 Å². The minimum atomic E-state index is -0.0503. The molecular formula is C6H9N2O2P. The van der Waals surface area contributed by atoms with Crippen LogP contribution in [0, 0.1) is 22.7 Å². The molecule has 0 aliphatic rings. The molecule has 0 atom stereocenters. The molecule has 0 saturated heterocycles. The largest absolute Gasteiger partial charge is 0.335 e. The van der Waals surface area contributed by atoms with Crippen LogP contribution in [0.3, 0.4) is 0 Å². The van der Waals surface area contributed by atoms with Crippen molar-refractivity contribution in [2.24, 2.45) is 0 Å². The molecule has 0 radical (unpaired) electrons. The zero-order valence-electron chi connectivity index (χ0n) is 6.04. The third kappa shape index (κ3) is 9.33. The molecule has 0 aromatic rings. The Kier molecular flexibility index (Phi) is 8.76. The molecule has 0 N–H and O–H groups in total. The highest BCUT2D eigenvalue weighted by molar-refractivity contribution is 7.26. The van der Waals surface area contributed by atoms with Gasteiger partial charge in [0.1, 0.15) is 0 Å². The molecule has 0 rings (SSSR count). The van der Waals surface area contributed by atoms with Gasteiger partial charge in [-0.2, -0.15) is 10.5 Å². The molecule has 4 nitrogen and oxygen atoms in total. The van der Waals surface area contributed by atoms with Crippen LogP contribution < -0.4 is 0 Å². The second-order valence-electron chi connectivity index (χ2n) is 1.60. The Balaban J connectivity index is 2.82. The molecule has 60 valence electrons. The Morgan fingerprint density at radius 2 is 1.45 bits per heavy atom. The molecule has 0 spiro atoms. The van der Waals surface area contributed by atoms with E-state index in [0.29, 0.717) is 26.1 Å². The molecule has 0 bridgehead atoms. The number of hydrogen-bond acceptors (Lipinski definition) is 4. The molecule has 0 fully saturated rings. The van der Waals surface area contributed by atoms with Crippen LogP contribution in [-0.2, 0) is 9.05 Å². The molecule has 0 amide bonds. The third-order valence-corrected chi connectivity index (χ3v) is 1.39. The molecule has 0 saturated carbocycles. The van der Waals surface area contributed by atoms with Crippen LogP contribution in [0.5, 0.6) is 0 Å². The average Bonchev–Trinajstić information content (AvgIpc) is 2.03. The SMILES string of the molecule is N#CCCOPOCCC#N. The highest BCUT2D eigenvalue weighted by Crippen LogP contribution is 2.13. The molecular weight excluding hydrogens is 163 g/mol. The topological polar surface area (TPSA) is 66.0 Å². The molecule has 0 heterocycles. The maximum Gasteiger partial charge on any atom is 0.155 e. The Morgan fingerprint density at radius 3 is 1.82 bits per heavy atom. The normalized spacial score (nSPS) is 8.55. The van der Waals surface area contributed by atoms with Crippen LogP contribution in [0.15, 0.2) is 0 Å². The van der Waals surface area contributed by atoms with Crippen molar-refractivity contribution >= 4 is 9.03 Å². The van der Waals surface area contributed by atoms with E-state index in [1.54, 1.807) is 0 Å². The maximum atomic E-state index is 8.10.